The van der Waals surface area contributed by atoms with Crippen LogP contribution in [0.15, 0.2) is 24.3 Å². The zero-order valence-electron chi connectivity index (χ0n) is 13.6. The summed E-state index contributed by atoms with van der Waals surface area (Å²) in [7, 11) is -1.67. The Morgan fingerprint density at radius 2 is 2.16 bits per heavy atom. The molecular formula is C16H19NO7S. The number of nitrogens with one attached hydrogen (secondary N) is 1. The van der Waals surface area contributed by atoms with Crippen LogP contribution in [0.25, 0.3) is 6.08 Å². The molecule has 136 valence electrons. The number of esters is 1. The Morgan fingerprint density at radius 1 is 1.40 bits per heavy atom. The molecule has 2 rings (SSSR count). The van der Waals surface area contributed by atoms with Crippen molar-refractivity contribution in [2.45, 2.75) is 12.5 Å². The van der Waals surface area contributed by atoms with Crippen LogP contribution in [0.3, 0.4) is 0 Å². The summed E-state index contributed by atoms with van der Waals surface area (Å²) in [4.78, 5) is 23.3. The van der Waals surface area contributed by atoms with Crippen LogP contribution in [-0.2, 0) is 24.2 Å². The number of aromatic hydroxyl groups is 1. The van der Waals surface area contributed by atoms with Crippen LogP contribution in [0.1, 0.15) is 12.0 Å². The fourth-order valence-electron chi connectivity index (χ4n) is 2.33. The third kappa shape index (κ3) is 5.79. The largest absolute Gasteiger partial charge is 0.504 e. The van der Waals surface area contributed by atoms with E-state index in [1.165, 1.54) is 25.3 Å². The molecule has 0 radical (unpaired) electrons. The van der Waals surface area contributed by atoms with Crippen LogP contribution >= 0.6 is 0 Å². The van der Waals surface area contributed by atoms with Gasteiger partial charge in [-0.15, -0.1) is 0 Å². The fourth-order valence-corrected chi connectivity index (χ4v) is 4.00. The number of hydrogen-bond donors (Lipinski definition) is 2. The van der Waals surface area contributed by atoms with Crippen molar-refractivity contribution in [1.29, 1.82) is 0 Å². The molecule has 1 aromatic rings. The molecule has 1 heterocycles. The van der Waals surface area contributed by atoms with E-state index in [0.29, 0.717) is 12.0 Å². The number of phenolic OH excluding ortho intramolecular Hbond substituents is 1. The van der Waals surface area contributed by atoms with Crippen molar-refractivity contribution in [2.75, 3.05) is 25.2 Å². The van der Waals surface area contributed by atoms with E-state index < -0.39 is 34.4 Å². The number of carbonyl (C=O) groups excluding carboxylic acids is 2. The summed E-state index contributed by atoms with van der Waals surface area (Å²) in [5.74, 6) is -1.06. The van der Waals surface area contributed by atoms with E-state index in [-0.39, 0.29) is 23.0 Å². The van der Waals surface area contributed by atoms with Crippen molar-refractivity contribution in [3.8, 4) is 11.5 Å². The van der Waals surface area contributed by atoms with Gasteiger partial charge >= 0.3 is 5.97 Å². The maximum absolute atomic E-state index is 11.7. The summed E-state index contributed by atoms with van der Waals surface area (Å²) < 4.78 is 32.4. The number of sulfone groups is 1. The van der Waals surface area contributed by atoms with Gasteiger partial charge in [0.15, 0.2) is 27.9 Å². The highest BCUT2D eigenvalue weighted by Gasteiger charge is 2.28. The van der Waals surface area contributed by atoms with Crippen molar-refractivity contribution in [1.82, 2.24) is 5.32 Å². The van der Waals surface area contributed by atoms with E-state index in [1.54, 1.807) is 6.07 Å². The van der Waals surface area contributed by atoms with E-state index in [9.17, 15) is 23.1 Å². The number of benzene rings is 1. The lowest BCUT2D eigenvalue weighted by Crippen LogP contribution is -2.38. The highest BCUT2D eigenvalue weighted by Crippen LogP contribution is 2.26. The van der Waals surface area contributed by atoms with Gasteiger partial charge in [-0.25, -0.2) is 13.2 Å². The smallest absolute Gasteiger partial charge is 0.331 e. The Balaban J connectivity index is 1.79. The first-order valence-electron chi connectivity index (χ1n) is 7.51. The minimum atomic E-state index is -3.08. The topological polar surface area (TPSA) is 119 Å². The first-order valence-corrected chi connectivity index (χ1v) is 9.33. The molecule has 8 nitrogen and oxygen atoms in total. The molecule has 1 unspecified atom stereocenters. The summed E-state index contributed by atoms with van der Waals surface area (Å²) in [5.41, 5.74) is 0.604. The highest BCUT2D eigenvalue weighted by atomic mass is 32.2. The average molecular weight is 369 g/mol. The lowest BCUT2D eigenvalue weighted by Gasteiger charge is -2.10. The standard InChI is InChI=1S/C16H19NO7S/c1-23-14-8-11(2-4-13(14)18)3-5-16(20)24-9-15(19)17-12-6-7-25(21,22)10-12/h2-5,8,12,18H,6-7,9-10H2,1H3,(H,17,19). The SMILES string of the molecule is COc1cc(C=CC(=O)OCC(=O)NC2CCS(=O)(=O)C2)ccc1O. The number of methoxy groups -OCH3 is 1. The van der Waals surface area contributed by atoms with E-state index in [1.807, 2.05) is 0 Å². The van der Waals surface area contributed by atoms with Crippen molar-refractivity contribution in [3.63, 3.8) is 0 Å². The summed E-state index contributed by atoms with van der Waals surface area (Å²) in [5, 5.41) is 12.0. The molecular weight excluding hydrogens is 350 g/mol. The van der Waals surface area contributed by atoms with Gasteiger partial charge in [0, 0.05) is 12.1 Å². The average Bonchev–Trinajstić information content (AvgIpc) is 2.90. The van der Waals surface area contributed by atoms with Gasteiger partial charge in [0.05, 0.1) is 18.6 Å². The Kier molecular flexibility index (Phi) is 6.02. The van der Waals surface area contributed by atoms with Gasteiger partial charge in [0.25, 0.3) is 5.91 Å². The zero-order chi connectivity index (χ0) is 18.4. The normalized spacial score (nSPS) is 18.8. The van der Waals surface area contributed by atoms with E-state index >= 15 is 0 Å². The van der Waals surface area contributed by atoms with E-state index in [2.05, 4.69) is 5.32 Å². The monoisotopic (exact) mass is 369 g/mol. The lowest BCUT2D eigenvalue weighted by molar-refractivity contribution is -0.143. The maximum Gasteiger partial charge on any atom is 0.331 e. The molecule has 1 atom stereocenters. The number of rotatable bonds is 6. The Bertz CT molecular complexity index is 786. The van der Waals surface area contributed by atoms with Crippen molar-refractivity contribution in [2.24, 2.45) is 0 Å². The predicted molar refractivity (Wildman–Crippen MR) is 89.9 cm³/mol. The Morgan fingerprint density at radius 3 is 2.80 bits per heavy atom. The molecule has 0 bridgehead atoms. The molecule has 9 heteroatoms. The summed E-state index contributed by atoms with van der Waals surface area (Å²) in [6.45, 7) is -0.487. The van der Waals surface area contributed by atoms with Crippen LogP contribution in [-0.4, -0.2) is 56.7 Å². The minimum Gasteiger partial charge on any atom is -0.504 e. The molecule has 1 aromatic carbocycles. The molecule has 0 aromatic heterocycles. The second-order valence-corrected chi connectivity index (χ2v) is 7.77. The predicted octanol–water partition coefficient (Wildman–Crippen LogP) is 0.261. The number of hydrogen-bond acceptors (Lipinski definition) is 7. The first-order chi connectivity index (χ1) is 11.8. The number of ether oxygens (including phenoxy) is 2. The molecule has 25 heavy (non-hydrogen) atoms. The second-order valence-electron chi connectivity index (χ2n) is 5.54. The van der Waals surface area contributed by atoms with Gasteiger partial charge in [0.1, 0.15) is 0 Å². The number of carbonyl (C=O) groups is 2. The van der Waals surface area contributed by atoms with Crippen LogP contribution in [0.4, 0.5) is 0 Å². The van der Waals surface area contributed by atoms with Crippen LogP contribution < -0.4 is 10.1 Å². The summed E-state index contributed by atoms with van der Waals surface area (Å²) >= 11 is 0. The van der Waals surface area contributed by atoms with Gasteiger partial charge in [-0.2, -0.15) is 0 Å². The van der Waals surface area contributed by atoms with Gasteiger partial charge in [-0.3, -0.25) is 4.79 Å². The van der Waals surface area contributed by atoms with Gasteiger partial charge in [-0.1, -0.05) is 6.07 Å². The Hall–Kier alpha value is -2.55. The van der Waals surface area contributed by atoms with Crippen LogP contribution in [0.5, 0.6) is 11.5 Å². The quantitative estimate of drug-likeness (QED) is 0.545. The van der Waals surface area contributed by atoms with Gasteiger partial charge < -0.3 is 19.9 Å². The van der Waals surface area contributed by atoms with Crippen LogP contribution in [0.2, 0.25) is 0 Å². The molecule has 1 amide bonds. The lowest BCUT2D eigenvalue weighted by atomic mass is 10.2. The Labute approximate surface area is 145 Å². The third-order valence-corrected chi connectivity index (χ3v) is 5.33. The molecule has 1 saturated heterocycles. The second kappa shape index (κ2) is 8.02. The van der Waals surface area contributed by atoms with Crippen LogP contribution in [0, 0.1) is 0 Å². The molecule has 1 fully saturated rings. The molecule has 0 aliphatic carbocycles. The van der Waals surface area contributed by atoms with E-state index in [0.717, 1.165) is 6.08 Å². The fraction of sp³-hybridized carbons (Fsp3) is 0.375. The summed E-state index contributed by atoms with van der Waals surface area (Å²) in [6.07, 6.45) is 2.95. The maximum atomic E-state index is 11.7. The number of phenols is 1. The molecule has 0 spiro atoms. The molecule has 1 aliphatic heterocycles. The minimum absolute atomic E-state index is 0.0205. The highest BCUT2D eigenvalue weighted by molar-refractivity contribution is 7.91. The van der Waals surface area contributed by atoms with Gasteiger partial charge in [0.2, 0.25) is 0 Å². The van der Waals surface area contributed by atoms with Crippen molar-refractivity contribution < 1.29 is 32.6 Å². The van der Waals surface area contributed by atoms with E-state index in [4.69, 9.17) is 9.47 Å². The molecule has 0 saturated carbocycles. The number of amides is 1. The summed E-state index contributed by atoms with van der Waals surface area (Å²) in [6, 6.07) is 4.10. The van der Waals surface area contributed by atoms with Crippen molar-refractivity contribution >= 4 is 27.8 Å². The first kappa shape index (κ1) is 18.8. The zero-order valence-corrected chi connectivity index (χ0v) is 14.4. The molecule has 2 N–H and O–H groups in total. The molecule has 1 aliphatic rings. The van der Waals surface area contributed by atoms with Crippen molar-refractivity contribution in [3.05, 3.63) is 29.8 Å². The van der Waals surface area contributed by atoms with Gasteiger partial charge in [-0.05, 0) is 30.2 Å². The third-order valence-electron chi connectivity index (χ3n) is 3.56.